The number of hydrogen-bond acceptors (Lipinski definition) is 6. The van der Waals surface area contributed by atoms with Crippen LogP contribution < -0.4 is 4.90 Å². The third-order valence-electron chi connectivity index (χ3n) is 4.13. The lowest BCUT2D eigenvalue weighted by atomic mass is 10.2. The topological polar surface area (TPSA) is 87.2 Å². The Morgan fingerprint density at radius 2 is 2.32 bits per heavy atom. The Labute approximate surface area is 147 Å². The molecule has 3 heterocycles. The standard InChI is InChI=1S/C17H24N6O2/c1-4-5-14-19-16(21-20-14)13-11-23(8-9-25-13)17(24)12-6-7-18-15(10-12)22(2)3/h6-7,10,13H,4-5,8-9,11H2,1-3H3,(H,19,20,21). The zero-order valence-corrected chi connectivity index (χ0v) is 14.9. The molecule has 8 nitrogen and oxygen atoms in total. The van der Waals surface area contributed by atoms with Gasteiger partial charge < -0.3 is 14.5 Å². The van der Waals surface area contributed by atoms with Crippen molar-refractivity contribution in [2.75, 3.05) is 38.7 Å². The fraction of sp³-hybridized carbons (Fsp3) is 0.529. The lowest BCUT2D eigenvalue weighted by Crippen LogP contribution is -2.42. The molecule has 0 aliphatic carbocycles. The van der Waals surface area contributed by atoms with Gasteiger partial charge in [-0.15, -0.1) is 0 Å². The van der Waals surface area contributed by atoms with Gasteiger partial charge in [0.25, 0.3) is 5.91 Å². The second kappa shape index (κ2) is 7.60. The Bertz CT molecular complexity index is 729. The number of nitrogens with one attached hydrogen (secondary N) is 1. The van der Waals surface area contributed by atoms with E-state index in [1.807, 2.05) is 19.0 Å². The molecule has 1 aliphatic heterocycles. The highest BCUT2D eigenvalue weighted by Crippen LogP contribution is 2.21. The summed E-state index contributed by atoms with van der Waals surface area (Å²) in [6, 6.07) is 3.55. The Kier molecular flexibility index (Phi) is 5.28. The van der Waals surface area contributed by atoms with Gasteiger partial charge in [0.05, 0.1) is 13.2 Å². The summed E-state index contributed by atoms with van der Waals surface area (Å²) in [4.78, 5) is 25.2. The van der Waals surface area contributed by atoms with E-state index >= 15 is 0 Å². The largest absolute Gasteiger partial charge is 0.366 e. The normalized spacial score (nSPS) is 17.6. The van der Waals surface area contributed by atoms with Crippen LogP contribution in [0.4, 0.5) is 5.82 Å². The van der Waals surface area contributed by atoms with Gasteiger partial charge in [0, 0.05) is 38.8 Å². The van der Waals surface area contributed by atoms with Gasteiger partial charge in [-0.05, 0) is 18.6 Å². The van der Waals surface area contributed by atoms with Gasteiger partial charge in [-0.3, -0.25) is 9.89 Å². The zero-order chi connectivity index (χ0) is 17.8. The van der Waals surface area contributed by atoms with Crippen LogP contribution in [-0.2, 0) is 11.2 Å². The van der Waals surface area contributed by atoms with Crippen LogP contribution in [0.5, 0.6) is 0 Å². The number of H-pyrrole nitrogens is 1. The van der Waals surface area contributed by atoms with E-state index in [-0.39, 0.29) is 12.0 Å². The monoisotopic (exact) mass is 344 g/mol. The Morgan fingerprint density at radius 1 is 1.48 bits per heavy atom. The predicted octanol–water partition coefficient (Wildman–Crippen LogP) is 1.43. The van der Waals surface area contributed by atoms with Gasteiger partial charge in [0.2, 0.25) is 0 Å². The molecular formula is C17H24N6O2. The van der Waals surface area contributed by atoms with E-state index in [1.54, 1.807) is 23.2 Å². The molecule has 1 saturated heterocycles. The zero-order valence-electron chi connectivity index (χ0n) is 14.9. The quantitative estimate of drug-likeness (QED) is 0.883. The number of aryl methyl sites for hydroxylation is 1. The summed E-state index contributed by atoms with van der Waals surface area (Å²) in [5, 5.41) is 7.19. The van der Waals surface area contributed by atoms with E-state index in [1.165, 1.54) is 0 Å². The van der Waals surface area contributed by atoms with Crippen LogP contribution >= 0.6 is 0 Å². The number of morpholine rings is 1. The van der Waals surface area contributed by atoms with Crippen LogP contribution in [0.25, 0.3) is 0 Å². The fourth-order valence-electron chi connectivity index (χ4n) is 2.77. The molecule has 0 bridgehead atoms. The van der Waals surface area contributed by atoms with Gasteiger partial charge in [-0.1, -0.05) is 6.92 Å². The van der Waals surface area contributed by atoms with Gasteiger partial charge >= 0.3 is 0 Å². The van der Waals surface area contributed by atoms with Gasteiger partial charge in [-0.2, -0.15) is 5.10 Å². The molecule has 8 heteroatoms. The molecule has 1 unspecified atom stereocenters. The van der Waals surface area contributed by atoms with Crippen molar-refractivity contribution >= 4 is 11.7 Å². The Balaban J connectivity index is 1.72. The minimum atomic E-state index is -0.297. The number of anilines is 1. The van der Waals surface area contributed by atoms with Crippen molar-refractivity contribution < 1.29 is 9.53 Å². The summed E-state index contributed by atoms with van der Waals surface area (Å²) in [5.74, 6) is 2.20. The van der Waals surface area contributed by atoms with E-state index in [0.29, 0.717) is 31.1 Å². The number of aromatic amines is 1. The summed E-state index contributed by atoms with van der Waals surface area (Å²) in [6.07, 6.45) is 3.22. The predicted molar refractivity (Wildman–Crippen MR) is 93.5 cm³/mol. The Hall–Kier alpha value is -2.48. The van der Waals surface area contributed by atoms with Crippen molar-refractivity contribution in [3.8, 4) is 0 Å². The summed E-state index contributed by atoms with van der Waals surface area (Å²) in [7, 11) is 3.80. The van der Waals surface area contributed by atoms with E-state index in [0.717, 1.165) is 24.5 Å². The minimum Gasteiger partial charge on any atom is -0.366 e. The number of ether oxygens (including phenoxy) is 1. The van der Waals surface area contributed by atoms with Crippen LogP contribution in [0.3, 0.4) is 0 Å². The number of carbonyl (C=O) groups is 1. The van der Waals surface area contributed by atoms with Crippen molar-refractivity contribution in [2.24, 2.45) is 0 Å². The first kappa shape index (κ1) is 17.3. The summed E-state index contributed by atoms with van der Waals surface area (Å²) in [5.41, 5.74) is 0.626. The molecule has 1 N–H and O–H groups in total. The Morgan fingerprint density at radius 3 is 3.08 bits per heavy atom. The number of carbonyl (C=O) groups excluding carboxylic acids is 1. The summed E-state index contributed by atoms with van der Waals surface area (Å²) >= 11 is 0. The van der Waals surface area contributed by atoms with E-state index in [2.05, 4.69) is 27.1 Å². The molecule has 2 aromatic rings. The molecule has 25 heavy (non-hydrogen) atoms. The molecule has 3 rings (SSSR count). The minimum absolute atomic E-state index is 0.0249. The molecule has 1 amide bonds. The first-order valence-electron chi connectivity index (χ1n) is 8.54. The molecular weight excluding hydrogens is 320 g/mol. The van der Waals surface area contributed by atoms with Gasteiger partial charge in [0.15, 0.2) is 5.82 Å². The first-order valence-corrected chi connectivity index (χ1v) is 8.54. The maximum absolute atomic E-state index is 12.8. The van der Waals surface area contributed by atoms with Gasteiger partial charge in [-0.25, -0.2) is 9.97 Å². The molecule has 0 radical (unpaired) electrons. The summed E-state index contributed by atoms with van der Waals surface area (Å²) in [6.45, 7) is 3.57. The van der Waals surface area contributed by atoms with Crippen LogP contribution in [0.2, 0.25) is 0 Å². The first-order chi connectivity index (χ1) is 12.1. The molecule has 0 aromatic carbocycles. The van der Waals surface area contributed by atoms with Crippen molar-refractivity contribution in [1.82, 2.24) is 25.1 Å². The summed E-state index contributed by atoms with van der Waals surface area (Å²) < 4.78 is 5.77. The highest BCUT2D eigenvalue weighted by molar-refractivity contribution is 5.95. The molecule has 1 fully saturated rings. The average Bonchev–Trinajstić information content (AvgIpc) is 3.10. The maximum atomic E-state index is 12.8. The van der Waals surface area contributed by atoms with Crippen LogP contribution in [0, 0.1) is 0 Å². The third-order valence-corrected chi connectivity index (χ3v) is 4.13. The number of aromatic nitrogens is 4. The fourth-order valence-corrected chi connectivity index (χ4v) is 2.77. The van der Waals surface area contributed by atoms with Crippen LogP contribution in [-0.4, -0.2) is 64.8 Å². The molecule has 0 saturated carbocycles. The van der Waals surface area contributed by atoms with Crippen molar-refractivity contribution in [3.63, 3.8) is 0 Å². The smallest absolute Gasteiger partial charge is 0.254 e. The lowest BCUT2D eigenvalue weighted by Gasteiger charge is -2.31. The average molecular weight is 344 g/mol. The second-order valence-electron chi connectivity index (χ2n) is 6.30. The van der Waals surface area contributed by atoms with Crippen molar-refractivity contribution in [2.45, 2.75) is 25.9 Å². The molecule has 1 aliphatic rings. The molecule has 2 aromatic heterocycles. The van der Waals surface area contributed by atoms with E-state index < -0.39 is 0 Å². The SMILES string of the molecule is CCCc1nc(C2CN(C(=O)c3ccnc(N(C)C)c3)CCO2)n[nH]1. The van der Waals surface area contributed by atoms with Gasteiger partial charge in [0.1, 0.15) is 17.7 Å². The van der Waals surface area contributed by atoms with E-state index in [4.69, 9.17) is 4.74 Å². The molecule has 1 atom stereocenters. The third kappa shape index (κ3) is 3.96. The van der Waals surface area contributed by atoms with Crippen molar-refractivity contribution in [3.05, 3.63) is 35.5 Å². The van der Waals surface area contributed by atoms with Crippen molar-refractivity contribution in [1.29, 1.82) is 0 Å². The molecule has 0 spiro atoms. The number of amides is 1. The number of hydrogen-bond donors (Lipinski definition) is 1. The van der Waals surface area contributed by atoms with E-state index in [9.17, 15) is 4.79 Å². The maximum Gasteiger partial charge on any atom is 0.254 e. The highest BCUT2D eigenvalue weighted by Gasteiger charge is 2.28. The number of pyridine rings is 1. The highest BCUT2D eigenvalue weighted by atomic mass is 16.5. The van der Waals surface area contributed by atoms with Crippen LogP contribution in [0.1, 0.15) is 41.5 Å². The number of rotatable bonds is 5. The lowest BCUT2D eigenvalue weighted by molar-refractivity contribution is -0.0266. The second-order valence-corrected chi connectivity index (χ2v) is 6.30. The van der Waals surface area contributed by atoms with Crippen LogP contribution in [0.15, 0.2) is 18.3 Å². The number of nitrogens with zero attached hydrogens (tertiary/aromatic N) is 5. The molecule has 134 valence electrons.